The van der Waals surface area contributed by atoms with E-state index < -0.39 is 5.79 Å². The third kappa shape index (κ3) is 2.77. The van der Waals surface area contributed by atoms with E-state index in [1.807, 2.05) is 13.8 Å². The molecule has 5 fully saturated rings. The van der Waals surface area contributed by atoms with Crippen LogP contribution in [-0.2, 0) is 19.1 Å². The molecule has 4 saturated carbocycles. The Morgan fingerprint density at radius 3 is 2.41 bits per heavy atom. The molecule has 0 bridgehead atoms. The molecular formula is C25H38O4. The van der Waals surface area contributed by atoms with E-state index in [2.05, 4.69) is 20.8 Å². The Morgan fingerprint density at radius 2 is 1.69 bits per heavy atom. The van der Waals surface area contributed by atoms with Crippen LogP contribution in [0.1, 0.15) is 79.6 Å². The zero-order valence-electron chi connectivity index (χ0n) is 18.8. The monoisotopic (exact) mass is 402 g/mol. The van der Waals surface area contributed by atoms with Gasteiger partial charge in [-0.3, -0.25) is 4.79 Å². The first-order chi connectivity index (χ1) is 13.6. The third-order valence-electron chi connectivity index (χ3n) is 10.2. The first-order valence-corrected chi connectivity index (χ1v) is 11.9. The Bertz CT molecular complexity index is 716. The molecular weight excluding hydrogens is 364 g/mol. The highest BCUT2D eigenvalue weighted by molar-refractivity contribution is 5.83. The molecule has 0 radical (unpaired) electrons. The molecule has 0 aromatic heterocycles. The average Bonchev–Trinajstić information content (AvgIpc) is 3.14. The van der Waals surface area contributed by atoms with Crippen molar-refractivity contribution < 1.29 is 19.1 Å². The van der Waals surface area contributed by atoms with Gasteiger partial charge in [0, 0.05) is 18.3 Å². The minimum atomic E-state index is -0.531. The summed E-state index contributed by atoms with van der Waals surface area (Å²) in [6.45, 7) is 10.9. The Kier molecular flexibility index (Phi) is 4.44. The second-order valence-corrected chi connectivity index (χ2v) is 12.0. The van der Waals surface area contributed by atoms with Crippen molar-refractivity contribution in [3.63, 3.8) is 0 Å². The van der Waals surface area contributed by atoms with Crippen LogP contribution in [0.5, 0.6) is 0 Å². The van der Waals surface area contributed by atoms with Gasteiger partial charge in [-0.25, -0.2) is 0 Å². The molecule has 4 aliphatic carbocycles. The number of hydrogen-bond acceptors (Lipinski definition) is 4. The summed E-state index contributed by atoms with van der Waals surface area (Å²) in [6.07, 6.45) is 8.62. The molecule has 162 valence electrons. The van der Waals surface area contributed by atoms with Gasteiger partial charge in [0.1, 0.15) is 12.1 Å². The Hall–Kier alpha value is -0.740. The summed E-state index contributed by atoms with van der Waals surface area (Å²) >= 11 is 0. The van der Waals surface area contributed by atoms with Crippen LogP contribution in [0.15, 0.2) is 0 Å². The minimum Gasteiger partial charge on any atom is -0.345 e. The molecule has 4 nitrogen and oxygen atoms in total. The number of fused-ring (bicyclic) bond motifs is 6. The Labute approximate surface area is 175 Å². The number of ketones is 1. The second kappa shape index (κ2) is 6.38. The smallest absolute Gasteiger partial charge is 0.163 e. The molecule has 0 N–H and O–H groups in total. The molecule has 5 aliphatic rings. The molecule has 0 unspecified atom stereocenters. The van der Waals surface area contributed by atoms with Crippen LogP contribution in [0.3, 0.4) is 0 Å². The average molecular weight is 403 g/mol. The van der Waals surface area contributed by atoms with Crippen molar-refractivity contribution in [2.45, 2.75) is 97.6 Å². The molecule has 1 heterocycles. The normalized spacial score (nSPS) is 54.1. The fourth-order valence-corrected chi connectivity index (χ4v) is 9.03. The van der Waals surface area contributed by atoms with Gasteiger partial charge in [-0.05, 0) is 86.9 Å². The molecule has 0 spiro atoms. The summed E-state index contributed by atoms with van der Waals surface area (Å²) < 4.78 is 12.4. The fraction of sp³-hybridized carbons (Fsp3) is 0.920. The predicted molar refractivity (Wildman–Crippen MR) is 110 cm³/mol. The van der Waals surface area contributed by atoms with E-state index in [1.165, 1.54) is 19.3 Å². The molecule has 1 saturated heterocycles. The summed E-state index contributed by atoms with van der Waals surface area (Å²) in [5.74, 6) is 2.34. The van der Waals surface area contributed by atoms with Crippen LogP contribution in [0.25, 0.3) is 0 Å². The van der Waals surface area contributed by atoms with Crippen LogP contribution in [0, 0.1) is 46.3 Å². The van der Waals surface area contributed by atoms with Crippen molar-refractivity contribution in [1.82, 2.24) is 0 Å². The van der Waals surface area contributed by atoms with Crippen LogP contribution >= 0.6 is 0 Å². The van der Waals surface area contributed by atoms with Gasteiger partial charge >= 0.3 is 0 Å². The Balaban J connectivity index is 1.45. The van der Waals surface area contributed by atoms with Crippen molar-refractivity contribution in [3.05, 3.63) is 0 Å². The van der Waals surface area contributed by atoms with E-state index in [-0.39, 0.29) is 34.9 Å². The number of carbonyl (C=O) groups excluding carboxylic acids is 2. The lowest BCUT2D eigenvalue weighted by Gasteiger charge is -2.60. The first kappa shape index (κ1) is 20.2. The third-order valence-corrected chi connectivity index (χ3v) is 10.2. The zero-order chi connectivity index (χ0) is 20.8. The maximum Gasteiger partial charge on any atom is 0.163 e. The largest absolute Gasteiger partial charge is 0.345 e. The maximum atomic E-state index is 13.5. The van der Waals surface area contributed by atoms with E-state index in [0.717, 1.165) is 32.0 Å². The number of rotatable bonds is 2. The van der Waals surface area contributed by atoms with Crippen molar-refractivity contribution in [2.75, 3.05) is 0 Å². The van der Waals surface area contributed by atoms with Crippen LogP contribution in [-0.4, -0.2) is 30.1 Å². The van der Waals surface area contributed by atoms with Crippen LogP contribution in [0.2, 0.25) is 0 Å². The highest BCUT2D eigenvalue weighted by Gasteiger charge is 2.65. The highest BCUT2D eigenvalue weighted by atomic mass is 16.7. The van der Waals surface area contributed by atoms with Gasteiger partial charge in [-0.1, -0.05) is 20.8 Å². The van der Waals surface area contributed by atoms with Crippen molar-refractivity contribution in [3.8, 4) is 0 Å². The van der Waals surface area contributed by atoms with Crippen molar-refractivity contribution in [1.29, 1.82) is 0 Å². The van der Waals surface area contributed by atoms with Gasteiger partial charge in [0.15, 0.2) is 5.79 Å². The standard InChI is InChI=1S/C25H38O4/c1-14(13-26)16-6-7-17-15-10-20(27)19-11-21-22(29-23(2,3)28-21)12-25(19,5)18(15)8-9-24(16,17)4/h13-19,21-22H,6-12H2,1-5H3/t14-,15-,16+,17-,18-,19+,21-,22+,24+,25+/m0/s1. The van der Waals surface area contributed by atoms with Crippen molar-refractivity contribution in [2.24, 2.45) is 46.3 Å². The van der Waals surface area contributed by atoms with Gasteiger partial charge in [-0.15, -0.1) is 0 Å². The summed E-state index contributed by atoms with van der Waals surface area (Å²) in [5, 5.41) is 0. The number of Topliss-reactive ketones (excluding diaryl/α,β-unsaturated/α-hetero) is 1. The second-order valence-electron chi connectivity index (χ2n) is 12.0. The van der Waals surface area contributed by atoms with Gasteiger partial charge in [-0.2, -0.15) is 0 Å². The summed E-state index contributed by atoms with van der Waals surface area (Å²) in [7, 11) is 0. The van der Waals surface area contributed by atoms with E-state index >= 15 is 0 Å². The first-order valence-electron chi connectivity index (χ1n) is 11.9. The lowest BCUT2D eigenvalue weighted by atomic mass is 9.44. The van der Waals surface area contributed by atoms with E-state index in [1.54, 1.807) is 0 Å². The lowest BCUT2D eigenvalue weighted by molar-refractivity contribution is -0.164. The van der Waals surface area contributed by atoms with Gasteiger partial charge in [0.25, 0.3) is 0 Å². The van der Waals surface area contributed by atoms with Crippen LogP contribution < -0.4 is 0 Å². The number of ether oxygens (including phenoxy) is 2. The lowest BCUT2D eigenvalue weighted by Crippen LogP contribution is -2.59. The van der Waals surface area contributed by atoms with Crippen LogP contribution in [0.4, 0.5) is 0 Å². The minimum absolute atomic E-state index is 0.0284. The van der Waals surface area contributed by atoms with Gasteiger partial charge < -0.3 is 14.3 Å². The molecule has 0 amide bonds. The van der Waals surface area contributed by atoms with E-state index in [0.29, 0.717) is 29.5 Å². The number of aldehydes is 1. The molecule has 29 heavy (non-hydrogen) atoms. The molecule has 5 rings (SSSR count). The maximum absolute atomic E-state index is 13.5. The van der Waals surface area contributed by atoms with Crippen molar-refractivity contribution >= 4 is 12.1 Å². The molecule has 0 aromatic carbocycles. The molecule has 10 atom stereocenters. The molecule has 4 heteroatoms. The summed E-state index contributed by atoms with van der Waals surface area (Å²) in [4.78, 5) is 25.0. The SMILES string of the molecule is C[C@@H](C=O)[C@H]1CC[C@H]2[C@@H]3CC(=O)[C@H]4C[C@@H]5OC(C)(C)O[C@@H]5C[C@]4(C)[C@H]3CC[C@]12C. The fourth-order valence-electron chi connectivity index (χ4n) is 9.03. The quantitative estimate of drug-likeness (QED) is 0.623. The summed E-state index contributed by atoms with van der Waals surface area (Å²) in [5.41, 5.74) is 0.248. The zero-order valence-corrected chi connectivity index (χ0v) is 18.8. The summed E-state index contributed by atoms with van der Waals surface area (Å²) in [6, 6.07) is 0. The van der Waals surface area contributed by atoms with E-state index in [4.69, 9.17) is 9.47 Å². The molecule has 0 aromatic rings. The number of hydrogen-bond donors (Lipinski definition) is 0. The Morgan fingerprint density at radius 1 is 1.00 bits per heavy atom. The topological polar surface area (TPSA) is 52.6 Å². The predicted octanol–water partition coefficient (Wildman–Crippen LogP) is 4.79. The molecule has 1 aliphatic heterocycles. The number of carbonyl (C=O) groups is 2. The van der Waals surface area contributed by atoms with Gasteiger partial charge in [0.05, 0.1) is 12.2 Å². The van der Waals surface area contributed by atoms with E-state index in [9.17, 15) is 9.59 Å². The highest BCUT2D eigenvalue weighted by Crippen LogP contribution is 2.68. The van der Waals surface area contributed by atoms with Gasteiger partial charge in [0.2, 0.25) is 0 Å².